The minimum Gasteiger partial charge on any atom is -0.292 e. The molecule has 0 aliphatic rings. The summed E-state index contributed by atoms with van der Waals surface area (Å²) in [6.07, 6.45) is 0. The van der Waals surface area contributed by atoms with E-state index in [1.807, 2.05) is 23.5 Å². The van der Waals surface area contributed by atoms with Crippen LogP contribution < -0.4 is 0 Å². The fourth-order valence-corrected chi connectivity index (χ4v) is 8.49. The van der Waals surface area contributed by atoms with Crippen molar-refractivity contribution in [2.75, 3.05) is 0 Å². The Kier molecular flexibility index (Phi) is 5.67. The van der Waals surface area contributed by atoms with Gasteiger partial charge in [0.15, 0.2) is 0 Å². The Hall–Kier alpha value is -5.51. The lowest BCUT2D eigenvalue weighted by Gasteiger charge is -2.17. The smallest absolute Gasteiger partial charge is 0.147 e. The van der Waals surface area contributed by atoms with E-state index in [4.69, 9.17) is 9.10 Å². The van der Waals surface area contributed by atoms with E-state index >= 15 is 0 Å². The van der Waals surface area contributed by atoms with Gasteiger partial charge in [0.1, 0.15) is 5.82 Å². The van der Waals surface area contributed by atoms with Gasteiger partial charge in [-0.2, -0.15) is 0 Å². The number of para-hydroxylation sites is 2. The first-order valence-corrected chi connectivity index (χ1v) is 16.7. The Bertz CT molecular complexity index is 2730. The first kappa shape index (κ1) is 24.7. The number of imidazole rings is 1. The number of aromatic nitrogens is 2. The molecule has 0 bridgehead atoms. The summed E-state index contributed by atoms with van der Waals surface area (Å²) in [5, 5.41) is 4.81. The minimum absolute atomic E-state index is 0.355. The lowest BCUT2D eigenvalue weighted by Crippen LogP contribution is -2.03. The van der Waals surface area contributed by atoms with E-state index in [2.05, 4.69) is 134 Å². The van der Waals surface area contributed by atoms with Crippen molar-refractivity contribution in [3.05, 3.63) is 156 Å². The van der Waals surface area contributed by atoms with Crippen molar-refractivity contribution in [1.29, 1.82) is 0 Å². The monoisotopic (exact) mass is 623 g/mol. The Balaban J connectivity index is 1.22. The van der Waals surface area contributed by atoms with Crippen molar-refractivity contribution in [3.63, 3.8) is 0 Å². The average Bonchev–Trinajstić information content (AvgIpc) is 3.70. The molecule has 0 fully saturated rings. The van der Waals surface area contributed by atoms with Gasteiger partial charge in [0, 0.05) is 29.8 Å². The predicted octanol–water partition coefficient (Wildman–Crippen LogP) is 12.5. The first-order valence-electron chi connectivity index (χ1n) is 17.4. The molecular formula is C44H32N2S. The van der Waals surface area contributed by atoms with Gasteiger partial charge in [-0.3, -0.25) is 4.57 Å². The number of hydrogen-bond donors (Lipinski definition) is 0. The number of hydrogen-bond acceptors (Lipinski definition) is 2. The van der Waals surface area contributed by atoms with Crippen molar-refractivity contribution < 1.29 is 4.11 Å². The van der Waals surface area contributed by atoms with Crippen LogP contribution in [0.3, 0.4) is 0 Å². The molecule has 7 aromatic carbocycles. The predicted molar refractivity (Wildman–Crippen MR) is 202 cm³/mol. The summed E-state index contributed by atoms with van der Waals surface area (Å²) in [4.78, 5) is 5.31. The number of nitrogens with zero attached hydrogens (tertiary/aromatic N) is 2. The third kappa shape index (κ3) is 4.50. The molecule has 3 heteroatoms. The summed E-state index contributed by atoms with van der Waals surface area (Å²) in [6.45, 7) is 2.30. The molecule has 0 atom stereocenters. The Morgan fingerprint density at radius 2 is 1.28 bits per heavy atom. The SMILES string of the molecule is [2H]C([2H])([2H])c1ccc(-c2ccc3c(ccc4c5cccc(-c6nc7ccccc7n6-c6c(C)cc(-c7ccccc7)cc6C)c5sc34)c2)cc1. The van der Waals surface area contributed by atoms with Crippen LogP contribution in [-0.2, 0) is 0 Å². The zero-order chi connectivity index (χ0) is 34.1. The summed E-state index contributed by atoms with van der Waals surface area (Å²) < 4.78 is 28.0. The third-order valence-electron chi connectivity index (χ3n) is 9.32. The van der Waals surface area contributed by atoms with Gasteiger partial charge in [0.25, 0.3) is 0 Å². The van der Waals surface area contributed by atoms with Gasteiger partial charge in [-0.05, 0) is 101 Å². The number of aryl methyl sites for hydroxylation is 3. The molecule has 0 aliphatic carbocycles. The second-order valence-corrected chi connectivity index (χ2v) is 13.3. The molecule has 0 N–H and O–H groups in total. The summed E-state index contributed by atoms with van der Waals surface area (Å²) in [5.41, 5.74) is 11.6. The maximum atomic E-state index is 7.72. The van der Waals surface area contributed by atoms with Gasteiger partial charge >= 0.3 is 0 Å². The Morgan fingerprint density at radius 3 is 2.09 bits per heavy atom. The van der Waals surface area contributed by atoms with Crippen molar-refractivity contribution >= 4 is 53.3 Å². The molecule has 9 aromatic rings. The van der Waals surface area contributed by atoms with Crippen molar-refractivity contribution in [2.24, 2.45) is 0 Å². The van der Waals surface area contributed by atoms with E-state index in [-0.39, 0.29) is 0 Å². The molecule has 0 saturated carbocycles. The summed E-state index contributed by atoms with van der Waals surface area (Å²) in [6, 6.07) is 48.4. The highest BCUT2D eigenvalue weighted by Crippen LogP contribution is 2.44. The van der Waals surface area contributed by atoms with Crippen molar-refractivity contribution in [1.82, 2.24) is 9.55 Å². The number of fused-ring (bicyclic) bond motifs is 6. The highest BCUT2D eigenvalue weighted by Gasteiger charge is 2.21. The van der Waals surface area contributed by atoms with Crippen molar-refractivity contribution in [2.45, 2.75) is 20.7 Å². The second-order valence-electron chi connectivity index (χ2n) is 12.3. The van der Waals surface area contributed by atoms with Crippen LogP contribution in [0.15, 0.2) is 140 Å². The van der Waals surface area contributed by atoms with Crippen LogP contribution >= 0.6 is 11.3 Å². The van der Waals surface area contributed by atoms with Crippen LogP contribution in [0, 0.1) is 20.7 Å². The highest BCUT2D eigenvalue weighted by molar-refractivity contribution is 7.27. The Labute approximate surface area is 282 Å². The molecule has 2 aromatic heterocycles. The van der Waals surface area contributed by atoms with Gasteiger partial charge in [-0.25, -0.2) is 4.98 Å². The molecule has 2 heterocycles. The van der Waals surface area contributed by atoms with E-state index in [0.717, 1.165) is 44.6 Å². The lowest BCUT2D eigenvalue weighted by molar-refractivity contribution is 1.07. The fourth-order valence-electron chi connectivity index (χ4n) is 7.14. The van der Waals surface area contributed by atoms with Crippen LogP contribution in [0.25, 0.3) is 81.3 Å². The van der Waals surface area contributed by atoms with Gasteiger partial charge < -0.3 is 0 Å². The second kappa shape index (κ2) is 10.8. The molecular weight excluding hydrogens is 589 g/mol. The molecule has 9 rings (SSSR count). The van der Waals surface area contributed by atoms with Crippen LogP contribution in [0.4, 0.5) is 0 Å². The van der Waals surface area contributed by atoms with Gasteiger partial charge in [-0.1, -0.05) is 109 Å². The molecule has 2 nitrogen and oxygen atoms in total. The minimum atomic E-state index is -2.11. The van der Waals surface area contributed by atoms with Crippen LogP contribution in [0.5, 0.6) is 0 Å². The summed E-state index contributed by atoms with van der Waals surface area (Å²) >= 11 is 1.83. The van der Waals surface area contributed by atoms with E-state index in [9.17, 15) is 0 Å². The first-order chi connectivity index (χ1) is 24.2. The van der Waals surface area contributed by atoms with Gasteiger partial charge in [-0.15, -0.1) is 11.3 Å². The maximum Gasteiger partial charge on any atom is 0.147 e. The molecule has 0 saturated heterocycles. The number of thiophene rings is 1. The summed E-state index contributed by atoms with van der Waals surface area (Å²) in [7, 11) is 0. The fraction of sp³-hybridized carbons (Fsp3) is 0.0682. The van der Waals surface area contributed by atoms with Crippen LogP contribution in [0.1, 0.15) is 20.8 Å². The molecule has 0 spiro atoms. The van der Waals surface area contributed by atoms with E-state index in [0.29, 0.717) is 5.56 Å². The highest BCUT2D eigenvalue weighted by atomic mass is 32.1. The normalized spacial score (nSPS) is 12.9. The van der Waals surface area contributed by atoms with E-state index < -0.39 is 6.85 Å². The van der Waals surface area contributed by atoms with Gasteiger partial charge in [0.05, 0.1) is 16.7 Å². The third-order valence-corrected chi connectivity index (χ3v) is 10.6. The summed E-state index contributed by atoms with van der Waals surface area (Å²) in [5.74, 6) is 0.939. The molecule has 0 radical (unpaired) electrons. The zero-order valence-corrected chi connectivity index (χ0v) is 26.9. The lowest BCUT2D eigenvalue weighted by atomic mass is 9.98. The van der Waals surface area contributed by atoms with Gasteiger partial charge in [0.2, 0.25) is 0 Å². The Morgan fingerprint density at radius 1 is 0.574 bits per heavy atom. The largest absolute Gasteiger partial charge is 0.292 e. The standard InChI is InChI=1S/C44H32N2S/c1-27-16-18-31(19-17-27)32-20-22-35-33(26-32)21-23-37-36-12-9-13-38(43(36)47-42(35)37)44-45-39-14-7-8-15-40(39)46(44)41-28(2)24-34(25-29(41)3)30-10-5-4-6-11-30/h4-26H,1-3H3/i1D3. The molecule has 0 aliphatic heterocycles. The number of rotatable bonds is 4. The maximum absolute atomic E-state index is 7.72. The topological polar surface area (TPSA) is 17.8 Å². The molecule has 224 valence electrons. The van der Waals surface area contributed by atoms with E-state index in [1.54, 1.807) is 12.1 Å². The number of benzene rings is 7. The zero-order valence-electron chi connectivity index (χ0n) is 29.1. The molecule has 47 heavy (non-hydrogen) atoms. The van der Waals surface area contributed by atoms with Crippen LogP contribution in [-0.4, -0.2) is 9.55 Å². The van der Waals surface area contributed by atoms with Crippen LogP contribution in [0.2, 0.25) is 0 Å². The van der Waals surface area contributed by atoms with Crippen molar-refractivity contribution in [3.8, 4) is 39.3 Å². The quantitative estimate of drug-likeness (QED) is 0.191. The average molecular weight is 624 g/mol. The molecule has 0 amide bonds. The molecule has 0 unspecified atom stereocenters. The van der Waals surface area contributed by atoms with E-state index in [1.165, 1.54) is 47.8 Å².